The van der Waals surface area contributed by atoms with E-state index in [0.717, 1.165) is 0 Å². The van der Waals surface area contributed by atoms with Crippen LogP contribution in [0.25, 0.3) is 10.4 Å². The van der Waals surface area contributed by atoms with Gasteiger partial charge in [0.05, 0.1) is 12.6 Å². The Balaban J connectivity index is 2.52. The molecular weight excluding hydrogens is 166 g/mol. The Bertz CT molecular complexity index is 205. The van der Waals surface area contributed by atoms with Crippen LogP contribution in [0.2, 0.25) is 0 Å². The molecule has 4 atom stereocenters. The van der Waals surface area contributed by atoms with Gasteiger partial charge in [0.15, 0.2) is 6.29 Å². The summed E-state index contributed by atoms with van der Waals surface area (Å²) in [5.41, 5.74) is 7.94. The predicted octanol–water partition coefficient (Wildman–Crippen LogP) is -1.26. The van der Waals surface area contributed by atoms with Gasteiger partial charge in [0, 0.05) is 4.91 Å². The topological polar surface area (TPSA) is 119 Å². The summed E-state index contributed by atoms with van der Waals surface area (Å²) in [6.45, 7) is -0.105. The predicted molar refractivity (Wildman–Crippen MR) is 36.9 cm³/mol. The lowest BCUT2D eigenvalue weighted by Gasteiger charge is -2.10. The summed E-state index contributed by atoms with van der Waals surface area (Å²) in [7, 11) is 0. The van der Waals surface area contributed by atoms with E-state index in [1.165, 1.54) is 0 Å². The average Bonchev–Trinajstić information content (AvgIpc) is 2.30. The molecule has 0 spiro atoms. The summed E-state index contributed by atoms with van der Waals surface area (Å²) in [5.74, 6) is 0. The number of aliphatic hydroxyl groups is 3. The summed E-state index contributed by atoms with van der Waals surface area (Å²) in [6.07, 6.45) is -4.76. The van der Waals surface area contributed by atoms with Crippen molar-refractivity contribution in [3.63, 3.8) is 0 Å². The molecule has 7 nitrogen and oxygen atoms in total. The van der Waals surface area contributed by atoms with Crippen molar-refractivity contribution >= 4 is 0 Å². The zero-order chi connectivity index (χ0) is 9.14. The minimum atomic E-state index is -1.40. The summed E-state index contributed by atoms with van der Waals surface area (Å²) in [6, 6.07) is 0. The van der Waals surface area contributed by atoms with Crippen LogP contribution in [-0.2, 0) is 4.74 Å². The highest BCUT2D eigenvalue weighted by atomic mass is 16.6. The van der Waals surface area contributed by atoms with Crippen LogP contribution in [0.15, 0.2) is 5.11 Å². The van der Waals surface area contributed by atoms with Crippen molar-refractivity contribution in [1.29, 1.82) is 0 Å². The quantitative estimate of drug-likeness (QED) is 0.275. The highest BCUT2D eigenvalue weighted by molar-refractivity contribution is 4.86. The lowest BCUT2D eigenvalue weighted by atomic mass is 10.1. The van der Waals surface area contributed by atoms with Gasteiger partial charge in [-0.05, 0) is 5.53 Å². The second kappa shape index (κ2) is 3.70. The molecule has 12 heavy (non-hydrogen) atoms. The first-order chi connectivity index (χ1) is 5.66. The molecule has 0 radical (unpaired) electrons. The van der Waals surface area contributed by atoms with Crippen LogP contribution in [0.3, 0.4) is 0 Å². The van der Waals surface area contributed by atoms with E-state index < -0.39 is 24.6 Å². The average molecular weight is 175 g/mol. The van der Waals surface area contributed by atoms with E-state index in [4.69, 9.17) is 20.9 Å². The molecule has 3 N–H and O–H groups in total. The number of rotatable bonds is 2. The minimum Gasteiger partial charge on any atom is -0.387 e. The molecule has 0 saturated carbocycles. The number of aliphatic hydroxyl groups excluding tert-OH is 3. The second-order valence-corrected chi connectivity index (χ2v) is 2.46. The van der Waals surface area contributed by atoms with Crippen molar-refractivity contribution in [3.8, 4) is 0 Å². The van der Waals surface area contributed by atoms with Crippen LogP contribution in [0, 0.1) is 0 Å². The zero-order valence-corrected chi connectivity index (χ0v) is 6.11. The fraction of sp³-hybridized carbons (Fsp3) is 1.00. The molecule has 68 valence electrons. The smallest absolute Gasteiger partial charge is 0.183 e. The SMILES string of the molecule is [N-]=[N+]=NC[C@H]1O[C@H](O)[C@@H](O)[C@@H]1O. The van der Waals surface area contributed by atoms with E-state index in [9.17, 15) is 0 Å². The van der Waals surface area contributed by atoms with Crippen molar-refractivity contribution in [2.75, 3.05) is 6.54 Å². The Morgan fingerprint density at radius 3 is 2.42 bits per heavy atom. The number of nitrogens with zero attached hydrogens (tertiary/aromatic N) is 3. The third-order valence-electron chi connectivity index (χ3n) is 1.66. The van der Waals surface area contributed by atoms with E-state index in [2.05, 4.69) is 14.8 Å². The molecule has 1 heterocycles. The zero-order valence-electron chi connectivity index (χ0n) is 6.11. The molecule has 1 fully saturated rings. The van der Waals surface area contributed by atoms with Crippen molar-refractivity contribution in [2.24, 2.45) is 5.11 Å². The summed E-state index contributed by atoms with van der Waals surface area (Å²) in [5, 5.41) is 30.1. The molecule has 0 amide bonds. The monoisotopic (exact) mass is 175 g/mol. The molecule has 0 bridgehead atoms. The molecule has 1 rings (SSSR count). The van der Waals surface area contributed by atoms with Crippen molar-refractivity contribution < 1.29 is 20.1 Å². The maximum atomic E-state index is 9.14. The number of hydrogen-bond acceptors (Lipinski definition) is 5. The second-order valence-electron chi connectivity index (χ2n) is 2.46. The Labute approximate surface area is 67.8 Å². The van der Waals surface area contributed by atoms with E-state index in [1.54, 1.807) is 0 Å². The standard InChI is InChI=1S/C5H9N3O4/c6-8-7-1-2-3(9)4(10)5(11)12-2/h2-5,9-11H,1H2/t2-,3-,4+,5+/m1/s1. The first kappa shape index (κ1) is 9.24. The molecular formula is C5H9N3O4. The van der Waals surface area contributed by atoms with Crippen LogP contribution in [0.4, 0.5) is 0 Å². The fourth-order valence-electron chi connectivity index (χ4n) is 0.997. The Morgan fingerprint density at radius 1 is 1.33 bits per heavy atom. The lowest BCUT2D eigenvalue weighted by molar-refractivity contribution is -0.125. The number of hydrogen-bond donors (Lipinski definition) is 3. The van der Waals surface area contributed by atoms with Crippen molar-refractivity contribution in [3.05, 3.63) is 10.4 Å². The maximum Gasteiger partial charge on any atom is 0.183 e. The molecule has 0 unspecified atom stereocenters. The van der Waals surface area contributed by atoms with E-state index in [-0.39, 0.29) is 6.54 Å². The van der Waals surface area contributed by atoms with Crippen LogP contribution >= 0.6 is 0 Å². The van der Waals surface area contributed by atoms with Crippen molar-refractivity contribution in [1.82, 2.24) is 0 Å². The van der Waals surface area contributed by atoms with Gasteiger partial charge in [-0.2, -0.15) is 0 Å². The largest absolute Gasteiger partial charge is 0.387 e. The molecule has 1 aliphatic heterocycles. The molecule has 1 saturated heterocycles. The fourth-order valence-corrected chi connectivity index (χ4v) is 0.997. The van der Waals surface area contributed by atoms with E-state index >= 15 is 0 Å². The molecule has 0 aromatic carbocycles. The molecule has 0 aromatic heterocycles. The van der Waals surface area contributed by atoms with Crippen LogP contribution in [-0.4, -0.2) is 46.5 Å². The highest BCUT2D eigenvalue weighted by Crippen LogP contribution is 2.19. The lowest BCUT2D eigenvalue weighted by Crippen LogP contribution is -2.33. The number of azide groups is 1. The van der Waals surface area contributed by atoms with Crippen LogP contribution < -0.4 is 0 Å². The Morgan fingerprint density at radius 2 is 2.00 bits per heavy atom. The van der Waals surface area contributed by atoms with E-state index in [1.807, 2.05) is 0 Å². The first-order valence-electron chi connectivity index (χ1n) is 3.37. The van der Waals surface area contributed by atoms with Gasteiger partial charge in [-0.25, -0.2) is 0 Å². The summed E-state index contributed by atoms with van der Waals surface area (Å²) in [4.78, 5) is 2.45. The maximum absolute atomic E-state index is 9.14. The van der Waals surface area contributed by atoms with Crippen LogP contribution in [0.1, 0.15) is 0 Å². The van der Waals surface area contributed by atoms with Gasteiger partial charge in [0.2, 0.25) is 0 Å². The molecule has 1 aliphatic rings. The Kier molecular flexibility index (Phi) is 2.85. The van der Waals surface area contributed by atoms with Gasteiger partial charge in [-0.15, -0.1) is 0 Å². The van der Waals surface area contributed by atoms with Gasteiger partial charge in [-0.1, -0.05) is 5.11 Å². The van der Waals surface area contributed by atoms with Gasteiger partial charge < -0.3 is 20.1 Å². The third-order valence-corrected chi connectivity index (χ3v) is 1.66. The van der Waals surface area contributed by atoms with Gasteiger partial charge in [0.1, 0.15) is 12.2 Å². The van der Waals surface area contributed by atoms with Gasteiger partial charge in [-0.3, -0.25) is 0 Å². The molecule has 7 heteroatoms. The molecule has 0 aliphatic carbocycles. The van der Waals surface area contributed by atoms with Gasteiger partial charge >= 0.3 is 0 Å². The number of ether oxygens (including phenoxy) is 1. The van der Waals surface area contributed by atoms with Crippen molar-refractivity contribution in [2.45, 2.75) is 24.6 Å². The summed E-state index contributed by atoms with van der Waals surface area (Å²) >= 11 is 0. The third kappa shape index (κ3) is 1.66. The van der Waals surface area contributed by atoms with Gasteiger partial charge in [0.25, 0.3) is 0 Å². The summed E-state index contributed by atoms with van der Waals surface area (Å²) < 4.78 is 4.68. The normalized spacial score (nSPS) is 40.9. The highest BCUT2D eigenvalue weighted by Gasteiger charge is 2.41. The van der Waals surface area contributed by atoms with E-state index in [0.29, 0.717) is 0 Å². The Hall–Kier alpha value is -0.850. The first-order valence-corrected chi connectivity index (χ1v) is 3.37. The van der Waals surface area contributed by atoms with Crippen LogP contribution in [0.5, 0.6) is 0 Å². The molecule has 0 aromatic rings. The minimum absolute atomic E-state index is 0.105.